The van der Waals surface area contributed by atoms with Gasteiger partial charge in [0, 0.05) is 17.3 Å². The largest absolute Gasteiger partial charge is 0.507 e. The second-order valence-electron chi connectivity index (χ2n) is 5.05. The highest BCUT2D eigenvalue weighted by Gasteiger charge is 2.35. The number of Topliss-reactive ketones (excluding diaryl/α,β-unsaturated/α-hetero) is 2. The molecule has 0 saturated heterocycles. The van der Waals surface area contributed by atoms with Crippen LogP contribution in [0, 0.1) is 0 Å². The van der Waals surface area contributed by atoms with Crippen LogP contribution in [0.5, 0.6) is 0 Å². The van der Waals surface area contributed by atoms with Crippen LogP contribution in [-0.4, -0.2) is 27.7 Å². The van der Waals surface area contributed by atoms with Crippen molar-refractivity contribution in [1.29, 1.82) is 0 Å². The van der Waals surface area contributed by atoms with Gasteiger partial charge in [0.2, 0.25) is 11.6 Å². The highest BCUT2D eigenvalue weighted by Crippen LogP contribution is 2.30. The Morgan fingerprint density at radius 3 is 2.36 bits per heavy atom. The lowest BCUT2D eigenvalue weighted by Gasteiger charge is -2.23. The van der Waals surface area contributed by atoms with Gasteiger partial charge in [0.15, 0.2) is 0 Å². The van der Waals surface area contributed by atoms with Gasteiger partial charge in [0.05, 0.1) is 11.6 Å². The Balaban J connectivity index is 2.02. The molecule has 1 heterocycles. The number of aromatic nitrogens is 1. The van der Waals surface area contributed by atoms with E-state index in [-0.39, 0.29) is 16.9 Å². The lowest BCUT2D eigenvalue weighted by atomic mass is 9.85. The van der Waals surface area contributed by atoms with Gasteiger partial charge >= 0.3 is 0 Å². The molecule has 0 spiro atoms. The number of nitrogens with one attached hydrogen (secondary N) is 1. The summed E-state index contributed by atoms with van der Waals surface area (Å²) >= 11 is 0. The monoisotopic (exact) mass is 294 g/mol. The average Bonchev–Trinajstić information content (AvgIpc) is 2.54. The molecule has 2 aromatic rings. The molecule has 2 N–H and O–H groups in total. The number of pyridine rings is 1. The van der Waals surface area contributed by atoms with E-state index in [1.54, 1.807) is 55.6 Å². The van der Waals surface area contributed by atoms with E-state index in [2.05, 4.69) is 10.3 Å². The first-order valence-electron chi connectivity index (χ1n) is 6.88. The van der Waals surface area contributed by atoms with E-state index in [9.17, 15) is 14.7 Å². The summed E-state index contributed by atoms with van der Waals surface area (Å²) in [6.45, 7) is 1.71. The Hall–Kier alpha value is -2.95. The number of anilines is 1. The third-order valence-electron chi connectivity index (χ3n) is 3.60. The van der Waals surface area contributed by atoms with E-state index in [0.29, 0.717) is 11.4 Å². The van der Waals surface area contributed by atoms with Gasteiger partial charge in [-0.25, -0.2) is 4.98 Å². The number of nitrogens with zero attached hydrogens (tertiary/aromatic N) is 1. The molecule has 0 saturated carbocycles. The highest BCUT2D eigenvalue weighted by atomic mass is 16.3. The molecular weight excluding hydrogens is 280 g/mol. The van der Waals surface area contributed by atoms with E-state index in [4.69, 9.17) is 0 Å². The molecule has 1 unspecified atom stereocenters. The van der Waals surface area contributed by atoms with Crippen LogP contribution in [0.4, 0.5) is 5.82 Å². The molecule has 5 heteroatoms. The lowest BCUT2D eigenvalue weighted by Crippen LogP contribution is -2.33. The van der Waals surface area contributed by atoms with Gasteiger partial charge in [0.1, 0.15) is 11.6 Å². The summed E-state index contributed by atoms with van der Waals surface area (Å²) in [5.41, 5.74) is 0.685. The fraction of sp³-hybridized carbons (Fsp3) is 0.118. The number of ketones is 2. The summed E-state index contributed by atoms with van der Waals surface area (Å²) < 4.78 is 0. The maximum absolute atomic E-state index is 12.3. The van der Waals surface area contributed by atoms with Crippen LogP contribution in [0.3, 0.4) is 0 Å². The SMILES string of the molecule is CC(Nc1ccccn1)C1=C(O)c2ccccc2C(=O)C1=O. The molecule has 1 aliphatic carbocycles. The van der Waals surface area contributed by atoms with Crippen molar-refractivity contribution in [3.05, 3.63) is 65.4 Å². The number of aliphatic hydroxyl groups excluding tert-OH is 1. The predicted molar refractivity (Wildman–Crippen MR) is 82.7 cm³/mol. The minimum absolute atomic E-state index is 0.0642. The molecule has 1 aromatic heterocycles. The molecule has 1 aromatic carbocycles. The first-order chi connectivity index (χ1) is 10.6. The number of benzene rings is 1. The number of carbonyl (C=O) groups is 2. The van der Waals surface area contributed by atoms with E-state index in [0.717, 1.165) is 0 Å². The van der Waals surface area contributed by atoms with Crippen molar-refractivity contribution in [3.8, 4) is 0 Å². The van der Waals surface area contributed by atoms with Crippen LogP contribution in [0.15, 0.2) is 54.2 Å². The predicted octanol–water partition coefficient (Wildman–Crippen LogP) is 2.62. The average molecular weight is 294 g/mol. The molecular formula is C17H14N2O3. The number of hydrogen-bond acceptors (Lipinski definition) is 5. The summed E-state index contributed by atoms with van der Waals surface area (Å²) in [5.74, 6) is -0.879. The molecule has 1 aliphatic rings. The Bertz CT molecular complexity index is 782. The number of rotatable bonds is 3. The summed E-state index contributed by atoms with van der Waals surface area (Å²) in [4.78, 5) is 28.6. The van der Waals surface area contributed by atoms with Gasteiger partial charge in [-0.1, -0.05) is 30.3 Å². The molecule has 0 radical (unpaired) electrons. The molecule has 22 heavy (non-hydrogen) atoms. The van der Waals surface area contributed by atoms with E-state index in [1.165, 1.54) is 0 Å². The summed E-state index contributed by atoms with van der Waals surface area (Å²) in [6, 6.07) is 11.3. The third-order valence-corrected chi connectivity index (χ3v) is 3.60. The van der Waals surface area contributed by atoms with Crippen molar-refractivity contribution < 1.29 is 14.7 Å². The fourth-order valence-electron chi connectivity index (χ4n) is 2.53. The maximum atomic E-state index is 12.3. The Morgan fingerprint density at radius 2 is 1.68 bits per heavy atom. The zero-order valence-corrected chi connectivity index (χ0v) is 11.9. The highest BCUT2D eigenvalue weighted by molar-refractivity contribution is 6.52. The normalized spacial score (nSPS) is 15.5. The van der Waals surface area contributed by atoms with E-state index >= 15 is 0 Å². The van der Waals surface area contributed by atoms with Crippen molar-refractivity contribution in [2.24, 2.45) is 0 Å². The fourth-order valence-corrected chi connectivity index (χ4v) is 2.53. The van der Waals surface area contributed by atoms with Gasteiger partial charge in [0.25, 0.3) is 0 Å². The number of aliphatic hydroxyl groups is 1. The molecule has 0 bridgehead atoms. The minimum atomic E-state index is -0.688. The zero-order valence-electron chi connectivity index (χ0n) is 11.9. The van der Waals surface area contributed by atoms with Gasteiger partial charge in [-0.05, 0) is 19.1 Å². The smallest absolute Gasteiger partial charge is 0.235 e. The third kappa shape index (κ3) is 2.26. The Labute approximate surface area is 127 Å². The van der Waals surface area contributed by atoms with Crippen molar-refractivity contribution >= 4 is 23.1 Å². The number of carbonyl (C=O) groups excluding carboxylic acids is 2. The number of hydrogen-bond donors (Lipinski definition) is 2. The molecule has 110 valence electrons. The van der Waals surface area contributed by atoms with Crippen LogP contribution >= 0.6 is 0 Å². The molecule has 5 nitrogen and oxygen atoms in total. The first-order valence-corrected chi connectivity index (χ1v) is 6.88. The van der Waals surface area contributed by atoms with Crippen LogP contribution in [-0.2, 0) is 4.79 Å². The zero-order chi connectivity index (χ0) is 15.7. The first kappa shape index (κ1) is 14.0. The van der Waals surface area contributed by atoms with Gasteiger partial charge in [-0.3, -0.25) is 9.59 Å². The van der Waals surface area contributed by atoms with Crippen molar-refractivity contribution in [2.75, 3.05) is 5.32 Å². The Kier molecular flexibility index (Phi) is 3.47. The quantitative estimate of drug-likeness (QED) is 0.851. The van der Waals surface area contributed by atoms with Crippen LogP contribution < -0.4 is 5.32 Å². The lowest BCUT2D eigenvalue weighted by molar-refractivity contribution is -0.112. The second-order valence-corrected chi connectivity index (χ2v) is 5.05. The molecule has 0 amide bonds. The second kappa shape index (κ2) is 5.44. The standard InChI is InChI=1S/C17H14N2O3/c1-10(19-13-8-4-5-9-18-13)14-15(20)11-6-2-3-7-12(11)16(21)17(14)22/h2-10,20H,1H3,(H,18,19). The molecule has 3 rings (SSSR count). The van der Waals surface area contributed by atoms with Crippen molar-refractivity contribution in [3.63, 3.8) is 0 Å². The van der Waals surface area contributed by atoms with Gasteiger partial charge in [-0.15, -0.1) is 0 Å². The van der Waals surface area contributed by atoms with Crippen molar-refractivity contribution in [2.45, 2.75) is 13.0 Å². The van der Waals surface area contributed by atoms with Crippen LogP contribution in [0.2, 0.25) is 0 Å². The molecule has 1 atom stereocenters. The van der Waals surface area contributed by atoms with E-state index in [1.807, 2.05) is 0 Å². The van der Waals surface area contributed by atoms with Crippen LogP contribution in [0.1, 0.15) is 22.8 Å². The summed E-state index contributed by atoms with van der Waals surface area (Å²) in [7, 11) is 0. The number of fused-ring (bicyclic) bond motifs is 1. The summed E-state index contributed by atoms with van der Waals surface area (Å²) in [6.07, 6.45) is 1.62. The maximum Gasteiger partial charge on any atom is 0.235 e. The summed E-state index contributed by atoms with van der Waals surface area (Å²) in [5, 5.41) is 13.4. The van der Waals surface area contributed by atoms with Crippen molar-refractivity contribution in [1.82, 2.24) is 4.98 Å². The molecule has 0 fully saturated rings. The Morgan fingerprint density at radius 1 is 1.00 bits per heavy atom. The molecule has 0 aliphatic heterocycles. The van der Waals surface area contributed by atoms with Gasteiger partial charge in [-0.2, -0.15) is 0 Å². The van der Waals surface area contributed by atoms with Crippen LogP contribution in [0.25, 0.3) is 5.76 Å². The van der Waals surface area contributed by atoms with E-state index < -0.39 is 17.6 Å². The minimum Gasteiger partial charge on any atom is -0.507 e. The topological polar surface area (TPSA) is 79.3 Å². The van der Waals surface area contributed by atoms with Gasteiger partial charge < -0.3 is 10.4 Å².